The van der Waals surface area contributed by atoms with E-state index in [1.54, 1.807) is 6.20 Å². The SMILES string of the molecule is CC(C)C1CN(C(=O)NCc2cccnc2N(C)C)CCS1. The van der Waals surface area contributed by atoms with Crippen molar-refractivity contribution in [2.75, 3.05) is 37.8 Å². The number of carbonyl (C=O) groups is 1. The largest absolute Gasteiger partial charge is 0.362 e. The normalized spacial score (nSPS) is 18.4. The third kappa shape index (κ3) is 4.29. The predicted octanol–water partition coefficient (Wildman–Crippen LogP) is 2.43. The number of thioether (sulfide) groups is 1. The van der Waals surface area contributed by atoms with E-state index in [9.17, 15) is 4.79 Å². The highest BCUT2D eigenvalue weighted by molar-refractivity contribution is 8.00. The van der Waals surface area contributed by atoms with Gasteiger partial charge in [0.2, 0.25) is 0 Å². The maximum atomic E-state index is 12.4. The lowest BCUT2D eigenvalue weighted by Gasteiger charge is -2.34. The Hall–Kier alpha value is -1.43. The molecule has 2 amide bonds. The maximum Gasteiger partial charge on any atom is 0.317 e. The van der Waals surface area contributed by atoms with Crippen molar-refractivity contribution < 1.29 is 4.79 Å². The van der Waals surface area contributed by atoms with Crippen LogP contribution in [0.3, 0.4) is 0 Å². The van der Waals surface area contributed by atoms with E-state index in [-0.39, 0.29) is 6.03 Å². The number of urea groups is 1. The highest BCUT2D eigenvalue weighted by atomic mass is 32.2. The Morgan fingerprint density at radius 3 is 3.00 bits per heavy atom. The molecule has 1 saturated heterocycles. The number of hydrogen-bond donors (Lipinski definition) is 1. The number of nitrogens with zero attached hydrogens (tertiary/aromatic N) is 3. The molecule has 0 aromatic carbocycles. The molecule has 6 heteroatoms. The van der Waals surface area contributed by atoms with Gasteiger partial charge in [0.1, 0.15) is 5.82 Å². The number of nitrogens with one attached hydrogen (secondary N) is 1. The number of amides is 2. The Kier molecular flexibility index (Phi) is 5.94. The second-order valence-electron chi connectivity index (χ2n) is 6.14. The summed E-state index contributed by atoms with van der Waals surface area (Å²) in [6.45, 7) is 6.61. The molecule has 122 valence electrons. The van der Waals surface area contributed by atoms with Crippen LogP contribution in [-0.2, 0) is 6.54 Å². The fraction of sp³-hybridized carbons (Fsp3) is 0.625. The third-order valence-electron chi connectivity index (χ3n) is 3.85. The summed E-state index contributed by atoms with van der Waals surface area (Å²) in [5.74, 6) is 2.52. The summed E-state index contributed by atoms with van der Waals surface area (Å²) in [5.41, 5.74) is 1.03. The molecule has 0 aliphatic carbocycles. The summed E-state index contributed by atoms with van der Waals surface area (Å²) in [7, 11) is 3.92. The van der Waals surface area contributed by atoms with E-state index in [4.69, 9.17) is 0 Å². The zero-order chi connectivity index (χ0) is 16.1. The van der Waals surface area contributed by atoms with Gasteiger partial charge in [-0.2, -0.15) is 11.8 Å². The third-order valence-corrected chi connectivity index (χ3v) is 5.39. The molecule has 2 heterocycles. The van der Waals surface area contributed by atoms with Crippen molar-refractivity contribution in [2.45, 2.75) is 25.6 Å². The van der Waals surface area contributed by atoms with E-state index in [0.717, 1.165) is 30.2 Å². The van der Waals surface area contributed by atoms with Gasteiger partial charge >= 0.3 is 6.03 Å². The van der Waals surface area contributed by atoms with Gasteiger partial charge in [0, 0.05) is 56.5 Å². The first-order chi connectivity index (χ1) is 10.5. The minimum Gasteiger partial charge on any atom is -0.362 e. The smallest absolute Gasteiger partial charge is 0.317 e. The lowest BCUT2D eigenvalue weighted by atomic mass is 10.1. The second kappa shape index (κ2) is 7.72. The lowest BCUT2D eigenvalue weighted by Crippen LogP contribution is -2.47. The molecule has 0 bridgehead atoms. The molecule has 22 heavy (non-hydrogen) atoms. The van der Waals surface area contributed by atoms with Crippen LogP contribution in [0.4, 0.5) is 10.6 Å². The van der Waals surface area contributed by atoms with Crippen LogP contribution in [0.1, 0.15) is 19.4 Å². The van der Waals surface area contributed by atoms with Crippen LogP contribution in [0, 0.1) is 5.92 Å². The number of aromatic nitrogens is 1. The minimum absolute atomic E-state index is 0.0273. The quantitative estimate of drug-likeness (QED) is 0.925. The van der Waals surface area contributed by atoms with Gasteiger partial charge in [0.25, 0.3) is 0 Å². The van der Waals surface area contributed by atoms with Gasteiger partial charge in [-0.05, 0) is 12.0 Å². The molecule has 1 aromatic rings. The Labute approximate surface area is 137 Å². The molecule has 1 unspecified atom stereocenters. The van der Waals surface area contributed by atoms with E-state index in [1.807, 2.05) is 47.8 Å². The van der Waals surface area contributed by atoms with Gasteiger partial charge in [-0.1, -0.05) is 19.9 Å². The summed E-state index contributed by atoms with van der Waals surface area (Å²) in [4.78, 5) is 20.7. The molecular formula is C16H26N4OS. The van der Waals surface area contributed by atoms with Crippen molar-refractivity contribution in [3.63, 3.8) is 0 Å². The van der Waals surface area contributed by atoms with Crippen molar-refractivity contribution >= 4 is 23.6 Å². The van der Waals surface area contributed by atoms with Gasteiger partial charge < -0.3 is 15.1 Å². The van der Waals surface area contributed by atoms with Crippen LogP contribution in [-0.4, -0.2) is 54.1 Å². The van der Waals surface area contributed by atoms with Crippen molar-refractivity contribution in [2.24, 2.45) is 5.92 Å². The topological polar surface area (TPSA) is 48.5 Å². The first-order valence-corrected chi connectivity index (χ1v) is 8.79. The van der Waals surface area contributed by atoms with Crippen molar-refractivity contribution in [1.29, 1.82) is 0 Å². The van der Waals surface area contributed by atoms with Crippen molar-refractivity contribution in [1.82, 2.24) is 15.2 Å². The van der Waals surface area contributed by atoms with E-state index >= 15 is 0 Å². The highest BCUT2D eigenvalue weighted by Gasteiger charge is 2.25. The molecule has 1 aliphatic heterocycles. The number of carbonyl (C=O) groups excluding carboxylic acids is 1. The van der Waals surface area contributed by atoms with Crippen molar-refractivity contribution in [3.05, 3.63) is 23.9 Å². The number of hydrogen-bond acceptors (Lipinski definition) is 4. The van der Waals surface area contributed by atoms with Crippen LogP contribution >= 0.6 is 11.8 Å². The van der Waals surface area contributed by atoms with Gasteiger partial charge in [0.15, 0.2) is 0 Å². The Morgan fingerprint density at radius 2 is 2.32 bits per heavy atom. The Balaban J connectivity index is 1.93. The Bertz CT molecular complexity index is 507. The molecule has 0 radical (unpaired) electrons. The predicted molar refractivity (Wildman–Crippen MR) is 93.5 cm³/mol. The van der Waals surface area contributed by atoms with Crippen LogP contribution in [0.15, 0.2) is 18.3 Å². The van der Waals surface area contributed by atoms with E-state index in [2.05, 4.69) is 24.1 Å². The molecule has 0 spiro atoms. The molecule has 1 N–H and O–H groups in total. The van der Waals surface area contributed by atoms with Crippen LogP contribution in [0.2, 0.25) is 0 Å². The molecule has 2 rings (SSSR count). The zero-order valence-corrected chi connectivity index (χ0v) is 14.7. The average Bonchev–Trinajstić information content (AvgIpc) is 2.52. The summed E-state index contributed by atoms with van der Waals surface area (Å²) in [5, 5.41) is 3.57. The fourth-order valence-corrected chi connectivity index (χ4v) is 3.82. The Morgan fingerprint density at radius 1 is 1.55 bits per heavy atom. The minimum atomic E-state index is 0.0273. The first-order valence-electron chi connectivity index (χ1n) is 7.74. The molecule has 0 saturated carbocycles. The van der Waals surface area contributed by atoms with Gasteiger partial charge in [-0.3, -0.25) is 0 Å². The van der Waals surface area contributed by atoms with Gasteiger partial charge in [-0.15, -0.1) is 0 Å². The number of rotatable bonds is 4. The fourth-order valence-electron chi connectivity index (χ4n) is 2.52. The van der Waals surface area contributed by atoms with E-state index in [1.165, 1.54) is 0 Å². The van der Waals surface area contributed by atoms with E-state index in [0.29, 0.717) is 17.7 Å². The first kappa shape index (κ1) is 16.9. The number of anilines is 1. The van der Waals surface area contributed by atoms with Crippen LogP contribution in [0.5, 0.6) is 0 Å². The van der Waals surface area contributed by atoms with Gasteiger partial charge in [0.05, 0.1) is 0 Å². The molecule has 1 fully saturated rings. The number of pyridine rings is 1. The summed E-state index contributed by atoms with van der Waals surface area (Å²) < 4.78 is 0. The van der Waals surface area contributed by atoms with Crippen molar-refractivity contribution in [3.8, 4) is 0 Å². The standard InChI is InChI=1S/C16H26N4OS/c1-12(2)14-11-20(8-9-22-14)16(21)18-10-13-6-5-7-17-15(13)19(3)4/h5-7,12,14H,8-11H2,1-4H3,(H,18,21). The van der Waals surface area contributed by atoms with Crippen LogP contribution in [0.25, 0.3) is 0 Å². The summed E-state index contributed by atoms with van der Waals surface area (Å²) in [6, 6.07) is 3.94. The molecule has 1 aromatic heterocycles. The van der Waals surface area contributed by atoms with Crippen LogP contribution < -0.4 is 10.2 Å². The lowest BCUT2D eigenvalue weighted by molar-refractivity contribution is 0.196. The van der Waals surface area contributed by atoms with E-state index < -0.39 is 0 Å². The highest BCUT2D eigenvalue weighted by Crippen LogP contribution is 2.25. The molecule has 5 nitrogen and oxygen atoms in total. The monoisotopic (exact) mass is 322 g/mol. The molecule has 1 atom stereocenters. The molecular weight excluding hydrogens is 296 g/mol. The van der Waals surface area contributed by atoms with Gasteiger partial charge in [-0.25, -0.2) is 9.78 Å². The maximum absolute atomic E-state index is 12.4. The second-order valence-corrected chi connectivity index (χ2v) is 7.49. The average molecular weight is 322 g/mol. The molecule has 1 aliphatic rings. The zero-order valence-electron chi connectivity index (χ0n) is 13.9. The summed E-state index contributed by atoms with van der Waals surface area (Å²) in [6.07, 6.45) is 1.77. The summed E-state index contributed by atoms with van der Waals surface area (Å²) >= 11 is 1.97.